The van der Waals surface area contributed by atoms with Gasteiger partial charge in [0.25, 0.3) is 0 Å². The van der Waals surface area contributed by atoms with Crippen molar-refractivity contribution >= 4 is 11.6 Å². The predicted octanol–water partition coefficient (Wildman–Crippen LogP) is 2.74. The standard InChI is InChI=1S/C12H13ClFN3/c1-8(15)12-5-16-7-17(12)6-9-2-3-11(14)10(13)4-9/h2-5,7-8H,6,15H2,1H3. The van der Waals surface area contributed by atoms with Crippen molar-refractivity contribution in [3.63, 3.8) is 0 Å². The molecule has 1 heterocycles. The van der Waals surface area contributed by atoms with Crippen LogP contribution in [0.25, 0.3) is 0 Å². The molecule has 0 spiro atoms. The monoisotopic (exact) mass is 253 g/mol. The van der Waals surface area contributed by atoms with Gasteiger partial charge in [-0.05, 0) is 24.6 Å². The highest BCUT2D eigenvalue weighted by Crippen LogP contribution is 2.18. The van der Waals surface area contributed by atoms with E-state index < -0.39 is 5.82 Å². The Labute approximate surface area is 104 Å². The second kappa shape index (κ2) is 4.85. The Bertz CT molecular complexity index is 522. The van der Waals surface area contributed by atoms with Gasteiger partial charge < -0.3 is 10.3 Å². The minimum atomic E-state index is -0.409. The summed E-state index contributed by atoms with van der Waals surface area (Å²) < 4.78 is 14.9. The van der Waals surface area contributed by atoms with E-state index in [1.807, 2.05) is 11.5 Å². The molecule has 90 valence electrons. The number of nitrogens with two attached hydrogens (primary N) is 1. The average molecular weight is 254 g/mol. The molecular formula is C12H13ClFN3. The molecule has 1 aromatic heterocycles. The first-order valence-corrected chi connectivity index (χ1v) is 5.65. The first-order chi connectivity index (χ1) is 8.08. The number of benzene rings is 1. The third kappa shape index (κ3) is 2.65. The molecule has 0 fully saturated rings. The maximum Gasteiger partial charge on any atom is 0.141 e. The average Bonchev–Trinajstić information content (AvgIpc) is 2.72. The maximum absolute atomic E-state index is 13.0. The molecule has 2 rings (SSSR count). The minimum Gasteiger partial charge on any atom is -0.329 e. The van der Waals surface area contributed by atoms with E-state index in [0.717, 1.165) is 11.3 Å². The molecule has 0 saturated heterocycles. The first-order valence-electron chi connectivity index (χ1n) is 5.27. The highest BCUT2D eigenvalue weighted by molar-refractivity contribution is 6.30. The molecule has 0 amide bonds. The zero-order valence-electron chi connectivity index (χ0n) is 9.40. The molecule has 0 radical (unpaired) electrons. The molecule has 3 nitrogen and oxygen atoms in total. The fraction of sp³-hybridized carbons (Fsp3) is 0.250. The lowest BCUT2D eigenvalue weighted by atomic mass is 10.2. The lowest BCUT2D eigenvalue weighted by Gasteiger charge is -2.11. The smallest absolute Gasteiger partial charge is 0.141 e. The van der Waals surface area contributed by atoms with Gasteiger partial charge in [0.1, 0.15) is 5.82 Å². The van der Waals surface area contributed by atoms with Gasteiger partial charge in [0.2, 0.25) is 0 Å². The zero-order valence-corrected chi connectivity index (χ0v) is 10.2. The van der Waals surface area contributed by atoms with Gasteiger partial charge in [0.15, 0.2) is 0 Å². The quantitative estimate of drug-likeness (QED) is 0.914. The molecule has 5 heteroatoms. The summed E-state index contributed by atoms with van der Waals surface area (Å²) in [6, 6.07) is 4.59. The highest BCUT2D eigenvalue weighted by Gasteiger charge is 2.08. The number of nitrogens with zero attached hydrogens (tertiary/aromatic N) is 2. The number of aromatic nitrogens is 2. The molecule has 1 unspecified atom stereocenters. The molecule has 1 atom stereocenters. The topological polar surface area (TPSA) is 43.8 Å². The van der Waals surface area contributed by atoms with Crippen molar-refractivity contribution in [2.45, 2.75) is 19.5 Å². The van der Waals surface area contributed by atoms with Crippen LogP contribution in [-0.2, 0) is 6.54 Å². The SMILES string of the molecule is CC(N)c1cncn1Cc1ccc(F)c(Cl)c1. The Morgan fingerprint density at radius 2 is 2.29 bits per heavy atom. The molecule has 0 aliphatic heterocycles. The van der Waals surface area contributed by atoms with Crippen LogP contribution in [0.4, 0.5) is 4.39 Å². The number of hydrogen-bond acceptors (Lipinski definition) is 2. The van der Waals surface area contributed by atoms with Crippen molar-refractivity contribution in [3.05, 3.63) is 52.8 Å². The number of hydrogen-bond donors (Lipinski definition) is 1. The van der Waals surface area contributed by atoms with Crippen LogP contribution in [-0.4, -0.2) is 9.55 Å². The highest BCUT2D eigenvalue weighted by atomic mass is 35.5. The van der Waals surface area contributed by atoms with E-state index in [1.165, 1.54) is 6.07 Å². The number of imidazole rings is 1. The van der Waals surface area contributed by atoms with E-state index in [9.17, 15) is 4.39 Å². The molecule has 0 aliphatic carbocycles. The Morgan fingerprint density at radius 1 is 1.53 bits per heavy atom. The van der Waals surface area contributed by atoms with Crippen molar-refractivity contribution in [1.82, 2.24) is 9.55 Å². The van der Waals surface area contributed by atoms with Crippen molar-refractivity contribution in [3.8, 4) is 0 Å². The van der Waals surface area contributed by atoms with Crippen molar-refractivity contribution in [2.24, 2.45) is 5.73 Å². The van der Waals surface area contributed by atoms with Gasteiger partial charge in [-0.1, -0.05) is 17.7 Å². The van der Waals surface area contributed by atoms with Crippen LogP contribution in [0.1, 0.15) is 24.2 Å². The van der Waals surface area contributed by atoms with Crippen molar-refractivity contribution in [2.75, 3.05) is 0 Å². The summed E-state index contributed by atoms with van der Waals surface area (Å²) in [6.07, 6.45) is 3.44. The summed E-state index contributed by atoms with van der Waals surface area (Å²) in [7, 11) is 0. The second-order valence-electron chi connectivity index (χ2n) is 3.98. The van der Waals surface area contributed by atoms with Crippen LogP contribution in [0.3, 0.4) is 0 Å². The number of halogens is 2. The Morgan fingerprint density at radius 3 is 2.94 bits per heavy atom. The normalized spacial score (nSPS) is 12.7. The Kier molecular flexibility index (Phi) is 3.45. The van der Waals surface area contributed by atoms with Crippen molar-refractivity contribution < 1.29 is 4.39 Å². The van der Waals surface area contributed by atoms with Gasteiger partial charge in [0, 0.05) is 18.8 Å². The lowest BCUT2D eigenvalue weighted by molar-refractivity contribution is 0.625. The summed E-state index contributed by atoms with van der Waals surface area (Å²) in [5.74, 6) is -0.409. The van der Waals surface area contributed by atoms with Crippen molar-refractivity contribution in [1.29, 1.82) is 0 Å². The van der Waals surface area contributed by atoms with Gasteiger partial charge in [-0.2, -0.15) is 0 Å². The molecule has 0 bridgehead atoms. The van der Waals surface area contributed by atoms with Crippen LogP contribution < -0.4 is 5.73 Å². The molecule has 1 aromatic carbocycles. The lowest BCUT2D eigenvalue weighted by Crippen LogP contribution is -2.12. The Balaban J connectivity index is 2.25. The maximum atomic E-state index is 13.0. The fourth-order valence-corrected chi connectivity index (χ4v) is 1.88. The summed E-state index contributed by atoms with van der Waals surface area (Å²) in [6.45, 7) is 2.47. The zero-order chi connectivity index (χ0) is 12.4. The summed E-state index contributed by atoms with van der Waals surface area (Å²) >= 11 is 5.73. The first kappa shape index (κ1) is 12.1. The fourth-order valence-electron chi connectivity index (χ4n) is 1.68. The summed E-state index contributed by atoms with van der Waals surface area (Å²) in [5.41, 5.74) is 7.67. The van der Waals surface area contributed by atoms with E-state index >= 15 is 0 Å². The van der Waals surface area contributed by atoms with Gasteiger partial charge in [0.05, 0.1) is 17.0 Å². The van der Waals surface area contributed by atoms with Gasteiger partial charge in [-0.15, -0.1) is 0 Å². The van der Waals surface area contributed by atoms with E-state index in [4.69, 9.17) is 17.3 Å². The second-order valence-corrected chi connectivity index (χ2v) is 4.39. The van der Waals surface area contributed by atoms with Crippen LogP contribution >= 0.6 is 11.6 Å². The summed E-state index contributed by atoms with van der Waals surface area (Å²) in [5, 5.41) is 0.130. The van der Waals surface area contributed by atoms with E-state index in [2.05, 4.69) is 4.98 Å². The third-order valence-electron chi connectivity index (χ3n) is 2.55. The van der Waals surface area contributed by atoms with Crippen LogP contribution in [0, 0.1) is 5.82 Å². The van der Waals surface area contributed by atoms with Gasteiger partial charge in [-0.3, -0.25) is 0 Å². The van der Waals surface area contributed by atoms with Crippen LogP contribution in [0.2, 0.25) is 5.02 Å². The number of rotatable bonds is 3. The predicted molar refractivity (Wildman–Crippen MR) is 65.3 cm³/mol. The molecule has 0 saturated carbocycles. The Hall–Kier alpha value is -1.39. The largest absolute Gasteiger partial charge is 0.329 e. The third-order valence-corrected chi connectivity index (χ3v) is 2.84. The van der Waals surface area contributed by atoms with E-state index in [0.29, 0.717) is 6.54 Å². The molecule has 2 N–H and O–H groups in total. The molecule has 0 aliphatic rings. The van der Waals surface area contributed by atoms with Crippen LogP contribution in [0.15, 0.2) is 30.7 Å². The molecule has 2 aromatic rings. The van der Waals surface area contributed by atoms with E-state index in [1.54, 1.807) is 24.7 Å². The molecular weight excluding hydrogens is 241 g/mol. The van der Waals surface area contributed by atoms with E-state index in [-0.39, 0.29) is 11.1 Å². The van der Waals surface area contributed by atoms with Crippen LogP contribution in [0.5, 0.6) is 0 Å². The minimum absolute atomic E-state index is 0.0894. The van der Waals surface area contributed by atoms with Gasteiger partial charge >= 0.3 is 0 Å². The molecule has 17 heavy (non-hydrogen) atoms. The summed E-state index contributed by atoms with van der Waals surface area (Å²) in [4.78, 5) is 4.06. The van der Waals surface area contributed by atoms with Gasteiger partial charge in [-0.25, -0.2) is 9.37 Å².